The monoisotopic (exact) mass is 945 g/mol. The molecule has 0 aliphatic rings. The number of hydrogen-bond donors (Lipinski definition) is 2. The van der Waals surface area contributed by atoms with Gasteiger partial charge in [-0.3, -0.25) is 9.98 Å². The summed E-state index contributed by atoms with van der Waals surface area (Å²) in [5.74, 6) is 0.641. The van der Waals surface area contributed by atoms with Gasteiger partial charge in [0.1, 0.15) is 11.5 Å². The number of unbranched alkanes of at least 4 members (excludes halogenated alkanes) is 8. The Labute approximate surface area is 422 Å². The van der Waals surface area contributed by atoms with Crippen molar-refractivity contribution in [3.8, 4) is 11.5 Å². The van der Waals surface area contributed by atoms with Crippen molar-refractivity contribution in [1.29, 1.82) is 0 Å². The Morgan fingerprint density at radius 3 is 1.04 bits per heavy atom. The van der Waals surface area contributed by atoms with Crippen molar-refractivity contribution < 1.29 is 19.2 Å². The number of rotatable bonds is 39. The van der Waals surface area contributed by atoms with Crippen molar-refractivity contribution in [2.45, 2.75) is 255 Å². The highest BCUT2D eigenvalue weighted by Crippen LogP contribution is 2.40. The van der Waals surface area contributed by atoms with Gasteiger partial charge in [-0.05, 0) is 150 Å². The van der Waals surface area contributed by atoms with E-state index in [1.54, 1.807) is 0 Å². The zero-order valence-corrected chi connectivity index (χ0v) is 47.6. The summed E-state index contributed by atoms with van der Waals surface area (Å²) in [5.41, 5.74) is 5.63. The lowest BCUT2D eigenvalue weighted by atomic mass is 9.73. The largest absolute Gasteiger partial charge is 0.507 e. The minimum atomic E-state index is -0.506. The van der Waals surface area contributed by atoms with Crippen LogP contribution in [-0.4, -0.2) is 96.1 Å². The summed E-state index contributed by atoms with van der Waals surface area (Å²) < 4.78 is 2.56. The molecule has 2 N–H and O–H groups in total. The lowest BCUT2D eigenvalue weighted by Gasteiger charge is -2.42. The number of phenolic OH excluding ortho intramolecular Hbond substituents is 2. The summed E-state index contributed by atoms with van der Waals surface area (Å²) in [5, 5.41) is 22.9. The van der Waals surface area contributed by atoms with Gasteiger partial charge in [-0.2, -0.15) is 0 Å². The van der Waals surface area contributed by atoms with E-state index in [1.807, 2.05) is 19.4 Å². The predicted molar refractivity (Wildman–Crippen MR) is 301 cm³/mol. The molecule has 0 fully saturated rings. The van der Waals surface area contributed by atoms with Gasteiger partial charge in [0, 0.05) is 23.6 Å². The van der Waals surface area contributed by atoms with E-state index in [0.29, 0.717) is 18.0 Å². The van der Waals surface area contributed by atoms with Crippen LogP contribution < -0.4 is 0 Å². The van der Waals surface area contributed by atoms with E-state index in [0.717, 1.165) is 47.9 Å². The number of benzene rings is 2. The normalized spacial score (nSPS) is 13.2. The Hall–Kier alpha value is -2.70. The van der Waals surface area contributed by atoms with E-state index in [4.69, 9.17) is 9.98 Å². The van der Waals surface area contributed by atoms with E-state index in [9.17, 15) is 10.2 Å². The maximum atomic E-state index is 11.6. The van der Waals surface area contributed by atoms with Crippen molar-refractivity contribution in [3.63, 3.8) is 0 Å². The van der Waals surface area contributed by atoms with Gasteiger partial charge in [-0.15, -0.1) is 0 Å². The molecule has 68 heavy (non-hydrogen) atoms. The number of quaternary nitrogens is 2. The number of aliphatic imine (C=N–C) groups is 2. The fourth-order valence-corrected chi connectivity index (χ4v) is 11.0. The quantitative estimate of drug-likeness (QED) is 0.0518. The van der Waals surface area contributed by atoms with E-state index in [2.05, 4.69) is 114 Å². The van der Waals surface area contributed by atoms with Crippen LogP contribution in [-0.2, 0) is 10.8 Å². The second kappa shape index (κ2) is 31.6. The minimum absolute atomic E-state index is 0.0195. The molecule has 2 aromatic rings. The molecule has 0 atom stereocenters. The van der Waals surface area contributed by atoms with Gasteiger partial charge < -0.3 is 19.2 Å². The topological polar surface area (TPSA) is 65.2 Å². The van der Waals surface area contributed by atoms with Crippen molar-refractivity contribution in [2.75, 3.05) is 58.9 Å². The van der Waals surface area contributed by atoms with E-state index in [-0.39, 0.29) is 10.8 Å². The Morgan fingerprint density at radius 2 is 0.721 bits per heavy atom. The molecule has 0 heterocycles. The highest BCUT2D eigenvalue weighted by atomic mass is 16.3. The van der Waals surface area contributed by atoms with Crippen LogP contribution in [0.3, 0.4) is 0 Å². The van der Waals surface area contributed by atoms with Crippen molar-refractivity contribution >= 4 is 12.4 Å². The molecule has 0 aliphatic heterocycles. The molecule has 0 aliphatic carbocycles. The summed E-state index contributed by atoms with van der Waals surface area (Å²) in [4.78, 5) is 10.1. The zero-order valence-electron chi connectivity index (χ0n) is 47.6. The predicted octanol–water partition coefficient (Wildman–Crippen LogP) is 16.9. The second-order valence-electron chi connectivity index (χ2n) is 23.1. The Morgan fingerprint density at radius 1 is 0.426 bits per heavy atom. The van der Waals surface area contributed by atoms with Gasteiger partial charge >= 0.3 is 0 Å². The SMILES string of the molecule is CCCCC(C)(CCCC)c1cc(C)c(O)c(C=NC(C)(C)CN=Cc2cc(C(C)(CCC[N+](CCCC)(CCCC)CCCC)CCC[N+](CCCC)(CCCC)CCCC)cc(C)c2O)c1. The molecule has 0 saturated heterocycles. The highest BCUT2D eigenvalue weighted by molar-refractivity contribution is 5.86. The summed E-state index contributed by atoms with van der Waals surface area (Å²) >= 11 is 0. The number of hydrogen-bond acceptors (Lipinski definition) is 4. The molecule has 2 rings (SSSR count). The Kier molecular flexibility index (Phi) is 28.5. The van der Waals surface area contributed by atoms with Gasteiger partial charge in [-0.25, -0.2) is 0 Å². The van der Waals surface area contributed by atoms with E-state index < -0.39 is 5.54 Å². The summed E-state index contributed by atoms with van der Waals surface area (Å²) in [6, 6.07) is 8.97. The van der Waals surface area contributed by atoms with Crippen LogP contribution in [0.1, 0.15) is 258 Å². The lowest BCUT2D eigenvalue weighted by Crippen LogP contribution is -2.51. The molecule has 6 heteroatoms. The van der Waals surface area contributed by atoms with Crippen molar-refractivity contribution in [2.24, 2.45) is 9.98 Å². The molecule has 0 radical (unpaired) electrons. The average Bonchev–Trinajstić information content (AvgIpc) is 3.32. The van der Waals surface area contributed by atoms with Gasteiger partial charge in [-0.1, -0.05) is 146 Å². The summed E-state index contributed by atoms with van der Waals surface area (Å²) in [6.45, 7) is 42.8. The first-order valence-electron chi connectivity index (χ1n) is 28.8. The maximum Gasteiger partial charge on any atom is 0.127 e. The first-order chi connectivity index (χ1) is 32.4. The molecular weight excluding hydrogens is 833 g/mol. The molecule has 0 saturated carbocycles. The molecule has 2 aromatic carbocycles. The van der Waals surface area contributed by atoms with E-state index >= 15 is 0 Å². The molecule has 6 nitrogen and oxygen atoms in total. The zero-order chi connectivity index (χ0) is 50.7. The summed E-state index contributed by atoms with van der Waals surface area (Å²) in [7, 11) is 0. The first kappa shape index (κ1) is 61.4. The van der Waals surface area contributed by atoms with Crippen LogP contribution in [0.15, 0.2) is 34.3 Å². The van der Waals surface area contributed by atoms with Gasteiger partial charge in [0.25, 0.3) is 0 Å². The van der Waals surface area contributed by atoms with Gasteiger partial charge in [0.2, 0.25) is 0 Å². The van der Waals surface area contributed by atoms with E-state index in [1.165, 1.54) is 188 Å². The number of aryl methyl sites for hydroxylation is 2. The smallest absolute Gasteiger partial charge is 0.127 e. The summed E-state index contributed by atoms with van der Waals surface area (Å²) in [6.07, 6.45) is 31.0. The molecule has 0 bridgehead atoms. The highest BCUT2D eigenvalue weighted by Gasteiger charge is 2.34. The third-order valence-corrected chi connectivity index (χ3v) is 16.1. The van der Waals surface area contributed by atoms with Crippen LogP contribution in [0.2, 0.25) is 0 Å². The van der Waals surface area contributed by atoms with Crippen LogP contribution in [0, 0.1) is 13.8 Å². The second-order valence-corrected chi connectivity index (χ2v) is 23.1. The molecule has 0 spiro atoms. The number of phenols is 2. The third-order valence-electron chi connectivity index (χ3n) is 16.1. The van der Waals surface area contributed by atoms with Crippen molar-refractivity contribution in [3.05, 3.63) is 57.6 Å². The van der Waals surface area contributed by atoms with Crippen LogP contribution in [0.5, 0.6) is 11.5 Å². The minimum Gasteiger partial charge on any atom is -0.507 e. The Balaban J connectivity index is 2.57. The lowest BCUT2D eigenvalue weighted by molar-refractivity contribution is -0.929. The van der Waals surface area contributed by atoms with Crippen LogP contribution >= 0.6 is 0 Å². The molecule has 0 unspecified atom stereocenters. The molecule has 390 valence electrons. The van der Waals surface area contributed by atoms with Crippen molar-refractivity contribution in [1.82, 2.24) is 0 Å². The molecular formula is C62H112N4O2+2. The average molecular weight is 946 g/mol. The van der Waals surface area contributed by atoms with Gasteiger partial charge in [0.05, 0.1) is 64.4 Å². The fourth-order valence-electron chi connectivity index (χ4n) is 11.0. The maximum absolute atomic E-state index is 11.6. The fraction of sp³-hybridized carbons (Fsp3) is 0.774. The number of aromatic hydroxyl groups is 2. The molecule has 0 aromatic heterocycles. The van der Waals surface area contributed by atoms with Crippen LogP contribution in [0.4, 0.5) is 0 Å². The number of nitrogens with zero attached hydrogens (tertiary/aromatic N) is 4. The first-order valence-corrected chi connectivity index (χ1v) is 28.8. The van der Waals surface area contributed by atoms with Gasteiger partial charge in [0.15, 0.2) is 0 Å². The standard InChI is InChI=1S/C62H110N4O2/c1-15-23-33-61(13,34-24-16-2)57-46-53(10)59(68)55(48-57)50-64-60(11,12)51-63-49-54-47-56(45-52(9)58(54)67)62(14,35-31-43-65(37-25-17-3,38-26-18-4)39-27-19-5)36-32-44-66(40-28-20-6,41-29-21-7)42-30-22-8/h45-50H,15-44,51H2,1-14H3/p+2. The molecule has 0 amide bonds. The third kappa shape index (κ3) is 20.2. The van der Waals surface area contributed by atoms with Crippen LogP contribution in [0.25, 0.3) is 0 Å². The Bertz CT molecular complexity index is 1650.